The second kappa shape index (κ2) is 9.34. The molecule has 8 nitrogen and oxygen atoms in total. The van der Waals surface area contributed by atoms with Crippen LogP contribution in [0.25, 0.3) is 11.0 Å². The van der Waals surface area contributed by atoms with Crippen LogP contribution in [0.4, 0.5) is 0 Å². The van der Waals surface area contributed by atoms with Crippen LogP contribution < -0.4 is 4.74 Å². The number of nitrogens with zero attached hydrogens (tertiary/aromatic N) is 3. The van der Waals surface area contributed by atoms with Crippen LogP contribution in [0.3, 0.4) is 0 Å². The normalized spacial score (nSPS) is 11.0. The number of benzene rings is 1. The summed E-state index contributed by atoms with van der Waals surface area (Å²) in [7, 11) is 0. The molecule has 0 unspecified atom stereocenters. The van der Waals surface area contributed by atoms with E-state index in [-0.39, 0.29) is 24.4 Å². The van der Waals surface area contributed by atoms with Gasteiger partial charge in [0.05, 0.1) is 36.7 Å². The molecule has 4 aromatic rings. The molecule has 31 heavy (non-hydrogen) atoms. The average molecular weight is 417 g/mol. The second-order valence-corrected chi connectivity index (χ2v) is 7.23. The van der Waals surface area contributed by atoms with Gasteiger partial charge in [-0.25, -0.2) is 9.97 Å². The number of ether oxygens (including phenoxy) is 1. The number of nitrogens with one attached hydrogen (secondary N) is 2. The van der Waals surface area contributed by atoms with E-state index in [1.165, 1.54) is 6.20 Å². The van der Waals surface area contributed by atoms with E-state index in [1.54, 1.807) is 36.8 Å². The van der Waals surface area contributed by atoms with Gasteiger partial charge in [0, 0.05) is 29.7 Å². The Balaban J connectivity index is 1.51. The zero-order valence-corrected chi connectivity index (χ0v) is 17.2. The van der Waals surface area contributed by atoms with Crippen molar-refractivity contribution in [3.8, 4) is 5.75 Å². The Kier molecular flexibility index (Phi) is 6.16. The summed E-state index contributed by atoms with van der Waals surface area (Å²) >= 11 is 0. The lowest BCUT2D eigenvalue weighted by Gasteiger charge is -2.06. The third-order valence-electron chi connectivity index (χ3n) is 4.87. The molecule has 0 aliphatic carbocycles. The Morgan fingerprint density at radius 2 is 1.97 bits per heavy atom. The van der Waals surface area contributed by atoms with Crippen LogP contribution in [0.2, 0.25) is 0 Å². The number of para-hydroxylation sites is 1. The molecular weight excluding hydrogens is 394 g/mol. The van der Waals surface area contributed by atoms with Gasteiger partial charge in [0.1, 0.15) is 17.4 Å². The van der Waals surface area contributed by atoms with E-state index < -0.39 is 0 Å². The van der Waals surface area contributed by atoms with E-state index in [0.717, 1.165) is 12.8 Å². The van der Waals surface area contributed by atoms with Gasteiger partial charge >= 0.3 is 0 Å². The van der Waals surface area contributed by atoms with Gasteiger partial charge in [0.25, 0.3) is 0 Å². The molecule has 1 aromatic carbocycles. The number of fused-ring (bicyclic) bond motifs is 1. The number of carbonyl (C=O) groups excluding carboxylic acids is 2. The van der Waals surface area contributed by atoms with Gasteiger partial charge in [-0.1, -0.05) is 19.4 Å². The molecule has 0 radical (unpaired) electrons. The zero-order chi connectivity index (χ0) is 21.6. The standard InChI is InChI=1S/C23H23N5O3/c1-2-3-9-31-16-10-15(13-24-14-16)19(29)11-22-27-18-6-4-5-17(23(18)28-22)20(30)12-21-25-7-8-26-21/h4-8,10,13-14H,2-3,9,11-12H2,1H3,(H,25,26)(H,27,28). The Morgan fingerprint density at radius 3 is 2.77 bits per heavy atom. The van der Waals surface area contributed by atoms with E-state index >= 15 is 0 Å². The van der Waals surface area contributed by atoms with Gasteiger partial charge in [0.15, 0.2) is 11.6 Å². The highest BCUT2D eigenvalue weighted by Gasteiger charge is 2.17. The topological polar surface area (TPSA) is 114 Å². The van der Waals surface area contributed by atoms with E-state index in [9.17, 15) is 9.59 Å². The summed E-state index contributed by atoms with van der Waals surface area (Å²) < 4.78 is 5.64. The lowest BCUT2D eigenvalue weighted by atomic mass is 10.1. The highest BCUT2D eigenvalue weighted by Crippen LogP contribution is 2.20. The van der Waals surface area contributed by atoms with Crippen LogP contribution in [0.5, 0.6) is 5.75 Å². The number of carbonyl (C=O) groups is 2. The van der Waals surface area contributed by atoms with Crippen molar-refractivity contribution in [1.29, 1.82) is 0 Å². The van der Waals surface area contributed by atoms with E-state index in [2.05, 4.69) is 31.8 Å². The summed E-state index contributed by atoms with van der Waals surface area (Å²) in [6.07, 6.45) is 8.62. The SMILES string of the molecule is CCCCOc1cncc(C(=O)Cc2nc3c(C(=O)Cc4ncc[nH]4)cccc3[nH]2)c1. The summed E-state index contributed by atoms with van der Waals surface area (Å²) in [5.41, 5.74) is 2.22. The molecule has 158 valence electrons. The van der Waals surface area contributed by atoms with Crippen molar-refractivity contribution < 1.29 is 14.3 Å². The van der Waals surface area contributed by atoms with Crippen molar-refractivity contribution in [1.82, 2.24) is 24.9 Å². The van der Waals surface area contributed by atoms with Crippen LogP contribution in [0, 0.1) is 0 Å². The maximum absolute atomic E-state index is 12.8. The zero-order valence-electron chi connectivity index (χ0n) is 17.2. The quantitative estimate of drug-likeness (QED) is 0.300. The van der Waals surface area contributed by atoms with Crippen molar-refractivity contribution in [3.63, 3.8) is 0 Å². The van der Waals surface area contributed by atoms with Gasteiger partial charge in [-0.05, 0) is 24.6 Å². The number of hydrogen-bond acceptors (Lipinski definition) is 6. The number of ketones is 2. The molecule has 0 amide bonds. The van der Waals surface area contributed by atoms with E-state index in [1.807, 2.05) is 6.07 Å². The highest BCUT2D eigenvalue weighted by molar-refractivity contribution is 6.07. The maximum atomic E-state index is 12.8. The minimum Gasteiger partial charge on any atom is -0.492 e. The van der Waals surface area contributed by atoms with Crippen LogP contribution in [0.15, 0.2) is 49.1 Å². The van der Waals surface area contributed by atoms with E-state index in [4.69, 9.17) is 4.74 Å². The number of hydrogen-bond donors (Lipinski definition) is 2. The van der Waals surface area contributed by atoms with Gasteiger partial charge in [-0.3, -0.25) is 14.6 Å². The largest absolute Gasteiger partial charge is 0.492 e. The predicted molar refractivity (Wildman–Crippen MR) is 115 cm³/mol. The monoisotopic (exact) mass is 417 g/mol. The minimum atomic E-state index is -0.129. The molecular formula is C23H23N5O3. The Morgan fingerprint density at radius 1 is 1.10 bits per heavy atom. The van der Waals surface area contributed by atoms with Crippen molar-refractivity contribution in [2.75, 3.05) is 6.61 Å². The summed E-state index contributed by atoms with van der Waals surface area (Å²) in [6.45, 7) is 2.68. The summed E-state index contributed by atoms with van der Waals surface area (Å²) in [4.78, 5) is 44.3. The first-order chi connectivity index (χ1) is 15.1. The predicted octanol–water partition coefficient (Wildman–Crippen LogP) is 3.71. The van der Waals surface area contributed by atoms with Crippen molar-refractivity contribution in [2.24, 2.45) is 0 Å². The molecule has 0 aliphatic heterocycles. The molecule has 3 aromatic heterocycles. The third kappa shape index (κ3) is 4.85. The van der Waals surface area contributed by atoms with E-state index in [0.29, 0.717) is 46.2 Å². The second-order valence-electron chi connectivity index (χ2n) is 7.23. The number of rotatable bonds is 10. The number of pyridine rings is 1. The summed E-state index contributed by atoms with van der Waals surface area (Å²) in [5, 5.41) is 0. The molecule has 0 fully saturated rings. The Bertz CT molecular complexity index is 1200. The molecule has 4 rings (SSSR count). The van der Waals surface area contributed by atoms with Gasteiger partial charge in [-0.15, -0.1) is 0 Å². The van der Waals surface area contributed by atoms with Crippen LogP contribution in [0.1, 0.15) is 52.1 Å². The lowest BCUT2D eigenvalue weighted by Crippen LogP contribution is -2.07. The molecule has 3 heterocycles. The number of Topliss-reactive ketones (excluding diaryl/α,β-unsaturated/α-hetero) is 2. The number of aromatic amines is 2. The number of aromatic nitrogens is 5. The first-order valence-corrected chi connectivity index (χ1v) is 10.2. The van der Waals surface area contributed by atoms with Crippen LogP contribution in [-0.2, 0) is 12.8 Å². The molecule has 2 N–H and O–H groups in total. The minimum absolute atomic E-state index is 0.0700. The fourth-order valence-corrected chi connectivity index (χ4v) is 3.27. The average Bonchev–Trinajstić information content (AvgIpc) is 3.43. The van der Waals surface area contributed by atoms with Crippen LogP contribution in [-0.4, -0.2) is 43.1 Å². The number of unbranched alkanes of at least 4 members (excludes halogenated alkanes) is 1. The van der Waals surface area contributed by atoms with Gasteiger partial charge in [-0.2, -0.15) is 0 Å². The molecule has 0 aliphatic rings. The Labute approximate surface area is 179 Å². The number of imidazole rings is 2. The van der Waals surface area contributed by atoms with Crippen molar-refractivity contribution >= 4 is 22.6 Å². The van der Waals surface area contributed by atoms with Crippen molar-refractivity contribution in [2.45, 2.75) is 32.6 Å². The highest BCUT2D eigenvalue weighted by atomic mass is 16.5. The first-order valence-electron chi connectivity index (χ1n) is 10.2. The lowest BCUT2D eigenvalue weighted by molar-refractivity contribution is 0.0984. The fourth-order valence-electron chi connectivity index (χ4n) is 3.27. The summed E-state index contributed by atoms with van der Waals surface area (Å²) in [5.74, 6) is 1.45. The molecule has 0 bridgehead atoms. The molecule has 0 saturated heterocycles. The smallest absolute Gasteiger partial charge is 0.172 e. The molecule has 0 atom stereocenters. The van der Waals surface area contributed by atoms with Crippen LogP contribution >= 0.6 is 0 Å². The molecule has 8 heteroatoms. The molecule has 0 spiro atoms. The summed E-state index contributed by atoms with van der Waals surface area (Å²) in [6, 6.07) is 7.07. The first kappa shape index (κ1) is 20.5. The van der Waals surface area contributed by atoms with Gasteiger partial charge in [0.2, 0.25) is 0 Å². The maximum Gasteiger partial charge on any atom is 0.172 e. The number of H-pyrrole nitrogens is 2. The third-order valence-corrected chi connectivity index (χ3v) is 4.87. The fraction of sp³-hybridized carbons (Fsp3) is 0.261. The Hall–Kier alpha value is -3.81. The van der Waals surface area contributed by atoms with Crippen molar-refractivity contribution in [3.05, 3.63) is 71.8 Å². The van der Waals surface area contributed by atoms with Gasteiger partial charge < -0.3 is 14.7 Å². The molecule has 0 saturated carbocycles.